The van der Waals surface area contributed by atoms with Crippen LogP contribution in [0, 0.1) is 6.92 Å². The van der Waals surface area contributed by atoms with Gasteiger partial charge in [0.15, 0.2) is 11.3 Å². The van der Waals surface area contributed by atoms with Crippen molar-refractivity contribution in [3.8, 4) is 5.75 Å². The summed E-state index contributed by atoms with van der Waals surface area (Å²) < 4.78 is 5.15. The zero-order valence-corrected chi connectivity index (χ0v) is 8.15. The molecule has 0 bridgehead atoms. The van der Waals surface area contributed by atoms with Crippen molar-refractivity contribution in [2.24, 2.45) is 0 Å². The van der Waals surface area contributed by atoms with Gasteiger partial charge in [-0.25, -0.2) is 0 Å². The molecule has 2 aromatic rings. The lowest BCUT2D eigenvalue weighted by molar-refractivity contribution is -0.136. The van der Waals surface area contributed by atoms with Gasteiger partial charge in [0.05, 0.1) is 12.7 Å². The number of phenolic OH excluding ortho intramolecular Hbond substituents is 1. The molecule has 1 heterocycles. The molecule has 0 aliphatic rings. The van der Waals surface area contributed by atoms with Crippen molar-refractivity contribution in [3.63, 3.8) is 0 Å². The average molecular weight is 206 g/mol. The SMILES string of the molecule is Cc1ccc(O)c2occ(CC(=O)O)c12. The number of furan rings is 1. The van der Waals surface area contributed by atoms with E-state index in [1.54, 1.807) is 6.07 Å². The Morgan fingerprint density at radius 3 is 2.87 bits per heavy atom. The fourth-order valence-electron chi connectivity index (χ4n) is 1.67. The van der Waals surface area contributed by atoms with Crippen LogP contribution in [0.2, 0.25) is 0 Å². The molecule has 2 rings (SSSR count). The molecule has 0 unspecified atom stereocenters. The summed E-state index contributed by atoms with van der Waals surface area (Å²) in [6.07, 6.45) is 1.28. The molecule has 0 aliphatic heterocycles. The second-order valence-corrected chi connectivity index (χ2v) is 3.44. The summed E-state index contributed by atoms with van der Waals surface area (Å²) in [5.74, 6) is -0.882. The zero-order chi connectivity index (χ0) is 11.0. The van der Waals surface area contributed by atoms with Crippen molar-refractivity contribution < 1.29 is 19.4 Å². The Morgan fingerprint density at radius 2 is 2.20 bits per heavy atom. The molecule has 0 amide bonds. The maximum Gasteiger partial charge on any atom is 0.307 e. The predicted octanol–water partition coefficient (Wildman–Crippen LogP) is 2.07. The molecule has 0 saturated heterocycles. The van der Waals surface area contributed by atoms with E-state index in [0.29, 0.717) is 16.5 Å². The highest BCUT2D eigenvalue weighted by atomic mass is 16.4. The Bertz CT molecular complexity index is 525. The molecule has 78 valence electrons. The van der Waals surface area contributed by atoms with Crippen LogP contribution in [-0.4, -0.2) is 16.2 Å². The first kappa shape index (κ1) is 9.58. The van der Waals surface area contributed by atoms with E-state index in [9.17, 15) is 9.90 Å². The number of aryl methyl sites for hydroxylation is 1. The van der Waals surface area contributed by atoms with Crippen LogP contribution in [0.1, 0.15) is 11.1 Å². The molecule has 0 atom stereocenters. The minimum Gasteiger partial charge on any atom is -0.504 e. The minimum atomic E-state index is -0.916. The van der Waals surface area contributed by atoms with E-state index >= 15 is 0 Å². The first-order valence-electron chi connectivity index (χ1n) is 4.50. The number of phenols is 1. The summed E-state index contributed by atoms with van der Waals surface area (Å²) in [5.41, 5.74) is 1.84. The van der Waals surface area contributed by atoms with Crippen molar-refractivity contribution in [1.82, 2.24) is 0 Å². The largest absolute Gasteiger partial charge is 0.504 e. The van der Waals surface area contributed by atoms with Gasteiger partial charge in [0.2, 0.25) is 0 Å². The van der Waals surface area contributed by atoms with E-state index in [1.165, 1.54) is 12.3 Å². The van der Waals surface area contributed by atoms with E-state index in [2.05, 4.69) is 0 Å². The Hall–Kier alpha value is -1.97. The van der Waals surface area contributed by atoms with Crippen molar-refractivity contribution >= 4 is 16.9 Å². The van der Waals surface area contributed by atoms with E-state index in [-0.39, 0.29) is 12.2 Å². The molecule has 1 aromatic carbocycles. The number of aromatic hydroxyl groups is 1. The number of carbonyl (C=O) groups is 1. The molecule has 0 aliphatic carbocycles. The van der Waals surface area contributed by atoms with Crippen molar-refractivity contribution in [1.29, 1.82) is 0 Å². The molecule has 0 spiro atoms. The molecule has 2 N–H and O–H groups in total. The molecule has 0 radical (unpaired) electrons. The van der Waals surface area contributed by atoms with Crippen molar-refractivity contribution in [2.45, 2.75) is 13.3 Å². The fraction of sp³-hybridized carbons (Fsp3) is 0.182. The standard InChI is InChI=1S/C11H10O4/c1-6-2-3-8(12)11-10(6)7(5-15-11)4-9(13)14/h2-3,5,12H,4H2,1H3,(H,13,14). The van der Waals surface area contributed by atoms with Gasteiger partial charge in [0.25, 0.3) is 0 Å². The van der Waals surface area contributed by atoms with Crippen LogP contribution in [-0.2, 0) is 11.2 Å². The second kappa shape index (κ2) is 3.31. The molecule has 4 heteroatoms. The van der Waals surface area contributed by atoms with Crippen LogP contribution in [0.5, 0.6) is 5.75 Å². The highest BCUT2D eigenvalue weighted by Crippen LogP contribution is 2.31. The first-order chi connectivity index (χ1) is 7.09. The lowest BCUT2D eigenvalue weighted by Gasteiger charge is -1.99. The molecule has 0 saturated carbocycles. The molecular weight excluding hydrogens is 196 g/mol. The third kappa shape index (κ3) is 1.54. The lowest BCUT2D eigenvalue weighted by atomic mass is 10.1. The van der Waals surface area contributed by atoms with E-state index in [4.69, 9.17) is 9.52 Å². The quantitative estimate of drug-likeness (QED) is 0.789. The highest BCUT2D eigenvalue weighted by molar-refractivity contribution is 5.91. The smallest absolute Gasteiger partial charge is 0.307 e. The molecule has 0 fully saturated rings. The third-order valence-electron chi connectivity index (χ3n) is 2.33. The van der Waals surface area contributed by atoms with Crippen LogP contribution in [0.4, 0.5) is 0 Å². The summed E-state index contributed by atoms with van der Waals surface area (Å²) in [4.78, 5) is 10.6. The van der Waals surface area contributed by atoms with Crippen LogP contribution in [0.15, 0.2) is 22.8 Å². The van der Waals surface area contributed by atoms with Gasteiger partial charge < -0.3 is 14.6 Å². The van der Waals surface area contributed by atoms with Gasteiger partial charge in [-0.15, -0.1) is 0 Å². The van der Waals surface area contributed by atoms with Gasteiger partial charge in [0, 0.05) is 10.9 Å². The summed E-state index contributed by atoms with van der Waals surface area (Å²) in [5, 5.41) is 18.9. The summed E-state index contributed by atoms with van der Waals surface area (Å²) in [6, 6.07) is 3.27. The zero-order valence-electron chi connectivity index (χ0n) is 8.15. The van der Waals surface area contributed by atoms with Crippen molar-refractivity contribution in [2.75, 3.05) is 0 Å². The van der Waals surface area contributed by atoms with Gasteiger partial charge in [-0.3, -0.25) is 4.79 Å². The molecule has 1 aromatic heterocycles. The average Bonchev–Trinajstić information content (AvgIpc) is 2.56. The van der Waals surface area contributed by atoms with Crippen LogP contribution >= 0.6 is 0 Å². The minimum absolute atomic E-state index is 0.0345. The van der Waals surface area contributed by atoms with Gasteiger partial charge >= 0.3 is 5.97 Å². The van der Waals surface area contributed by atoms with E-state index in [1.807, 2.05) is 6.92 Å². The van der Waals surface area contributed by atoms with Crippen molar-refractivity contribution in [3.05, 3.63) is 29.5 Å². The Balaban J connectivity index is 2.67. The van der Waals surface area contributed by atoms with E-state index in [0.717, 1.165) is 5.56 Å². The van der Waals surface area contributed by atoms with Gasteiger partial charge in [-0.1, -0.05) is 6.07 Å². The number of fused-ring (bicyclic) bond motifs is 1. The number of hydrogen-bond donors (Lipinski definition) is 2. The number of benzene rings is 1. The van der Waals surface area contributed by atoms with Crippen LogP contribution in [0.3, 0.4) is 0 Å². The number of rotatable bonds is 2. The monoisotopic (exact) mass is 206 g/mol. The van der Waals surface area contributed by atoms with E-state index < -0.39 is 5.97 Å². The topological polar surface area (TPSA) is 70.7 Å². The number of aliphatic carboxylic acids is 1. The fourth-order valence-corrected chi connectivity index (χ4v) is 1.67. The first-order valence-corrected chi connectivity index (χ1v) is 4.50. The number of carboxylic acids is 1. The molecule has 15 heavy (non-hydrogen) atoms. The Morgan fingerprint density at radius 1 is 1.47 bits per heavy atom. The summed E-state index contributed by atoms with van der Waals surface area (Å²) in [7, 11) is 0. The van der Waals surface area contributed by atoms with Crippen LogP contribution in [0.25, 0.3) is 11.0 Å². The van der Waals surface area contributed by atoms with Gasteiger partial charge in [0.1, 0.15) is 0 Å². The second-order valence-electron chi connectivity index (χ2n) is 3.44. The summed E-state index contributed by atoms with van der Waals surface area (Å²) >= 11 is 0. The maximum absolute atomic E-state index is 10.6. The predicted molar refractivity (Wildman–Crippen MR) is 54.0 cm³/mol. The normalized spacial score (nSPS) is 10.7. The summed E-state index contributed by atoms with van der Waals surface area (Å²) in [6.45, 7) is 1.85. The maximum atomic E-state index is 10.6. The number of hydrogen-bond acceptors (Lipinski definition) is 3. The lowest BCUT2D eigenvalue weighted by Crippen LogP contribution is -1.99. The molecular formula is C11H10O4. The third-order valence-corrected chi connectivity index (χ3v) is 2.33. The number of carboxylic acid groups (broad SMARTS) is 1. The molecule has 4 nitrogen and oxygen atoms in total. The Kier molecular flexibility index (Phi) is 2.11. The highest BCUT2D eigenvalue weighted by Gasteiger charge is 2.13. The van der Waals surface area contributed by atoms with Crippen LogP contribution < -0.4 is 0 Å². The van der Waals surface area contributed by atoms with Gasteiger partial charge in [-0.2, -0.15) is 0 Å². The van der Waals surface area contributed by atoms with Gasteiger partial charge in [-0.05, 0) is 18.6 Å². The Labute approximate surface area is 85.8 Å².